The van der Waals surface area contributed by atoms with Gasteiger partial charge in [0, 0.05) is 6.61 Å². The Morgan fingerprint density at radius 2 is 2.25 bits per heavy atom. The van der Waals surface area contributed by atoms with Gasteiger partial charge in [-0.05, 0) is 12.6 Å². The first kappa shape index (κ1) is 8.50. The molecule has 0 rings (SSSR count). The second-order valence-electron chi connectivity index (χ2n) is 1.20. The molecule has 0 atom stereocenters. The average Bonchev–Trinajstić information content (AvgIpc) is 1.67. The van der Waals surface area contributed by atoms with Gasteiger partial charge in [0.1, 0.15) is 0 Å². The second kappa shape index (κ2) is 3.51. The van der Waals surface area contributed by atoms with E-state index in [-0.39, 0.29) is 0 Å². The second-order valence-corrected chi connectivity index (χ2v) is 6.97. The molecule has 0 aromatic heterocycles. The van der Waals surface area contributed by atoms with E-state index < -0.39 is 6.94 Å². The van der Waals surface area contributed by atoms with Crippen molar-refractivity contribution in [3.05, 3.63) is 12.3 Å². The molecule has 0 aromatic carbocycles. The van der Waals surface area contributed by atoms with E-state index in [2.05, 4.69) is 6.58 Å². The van der Waals surface area contributed by atoms with E-state index in [1.165, 1.54) is 5.70 Å². The van der Waals surface area contributed by atoms with Crippen LogP contribution in [-0.4, -0.2) is 13.5 Å². The van der Waals surface area contributed by atoms with Crippen LogP contribution in [0.2, 0.25) is 0 Å². The molecule has 1 nitrogen and oxygen atoms in total. The van der Waals surface area contributed by atoms with Crippen molar-refractivity contribution in [2.75, 3.05) is 6.61 Å². The van der Waals surface area contributed by atoms with Crippen LogP contribution in [0, 0.1) is 0 Å². The van der Waals surface area contributed by atoms with Crippen LogP contribution in [0.3, 0.4) is 0 Å². The van der Waals surface area contributed by atoms with Gasteiger partial charge in [0.05, 0.1) is 0 Å². The maximum Gasteiger partial charge on any atom is 0.415 e. The van der Waals surface area contributed by atoms with Gasteiger partial charge in [-0.3, -0.25) is 0 Å². The molecule has 0 amide bonds. The zero-order valence-electron chi connectivity index (χ0n) is 4.66. The van der Waals surface area contributed by atoms with Crippen molar-refractivity contribution in [1.29, 1.82) is 0 Å². The molecule has 0 aliphatic heterocycles. The third-order valence-electron chi connectivity index (χ3n) is 0.574. The van der Waals surface area contributed by atoms with Gasteiger partial charge in [-0.15, -0.1) is 28.7 Å². The minimum Gasteiger partial charge on any atom is -0.390 e. The highest BCUT2D eigenvalue weighted by molar-refractivity contribution is 7.44. The van der Waals surface area contributed by atoms with Crippen LogP contribution in [0.4, 0.5) is 0 Å². The summed E-state index contributed by atoms with van der Waals surface area (Å²) in [5.74, 6) is 0. The molecule has 0 aliphatic carbocycles. The van der Waals surface area contributed by atoms with E-state index >= 15 is 0 Å². The van der Waals surface area contributed by atoms with Crippen molar-refractivity contribution < 1.29 is 4.43 Å². The van der Waals surface area contributed by atoms with Gasteiger partial charge in [0.2, 0.25) is 0 Å². The smallest absolute Gasteiger partial charge is 0.390 e. The van der Waals surface area contributed by atoms with E-state index in [0.717, 1.165) is 0 Å². The Hall–Kier alpha value is 0.497. The maximum atomic E-state index is 5.58. The molecule has 0 unspecified atom stereocenters. The van der Waals surface area contributed by atoms with Gasteiger partial charge in [-0.25, -0.2) is 0 Å². The quantitative estimate of drug-likeness (QED) is 0.467. The van der Waals surface area contributed by atoms with Crippen LogP contribution in [-0.2, 0) is 4.43 Å². The minimum atomic E-state index is -2.47. The fourth-order valence-corrected chi connectivity index (χ4v) is 1.41. The summed E-state index contributed by atoms with van der Waals surface area (Å²) >= 11 is 11.2. The number of halogens is 2. The Morgan fingerprint density at radius 1 is 1.75 bits per heavy atom. The van der Waals surface area contributed by atoms with Crippen molar-refractivity contribution in [2.45, 2.75) is 6.92 Å². The number of hydrogen-bond donors (Lipinski definition) is 0. The molecular formula is C4H8Cl2OSi. The SMILES string of the molecule is C=C[Si](Cl)(Cl)OCC. The van der Waals surface area contributed by atoms with Gasteiger partial charge in [-0.1, -0.05) is 0 Å². The average molecular weight is 171 g/mol. The summed E-state index contributed by atoms with van der Waals surface area (Å²) in [6.45, 7) is 3.34. The Kier molecular flexibility index (Phi) is 3.73. The molecule has 0 aliphatic rings. The molecule has 0 saturated heterocycles. The van der Waals surface area contributed by atoms with Crippen LogP contribution >= 0.6 is 22.2 Å². The van der Waals surface area contributed by atoms with Gasteiger partial charge in [0.25, 0.3) is 0 Å². The van der Waals surface area contributed by atoms with Crippen molar-refractivity contribution in [3.63, 3.8) is 0 Å². The molecule has 0 saturated carbocycles. The Balaban J connectivity index is 3.53. The monoisotopic (exact) mass is 170 g/mol. The van der Waals surface area contributed by atoms with Crippen LogP contribution < -0.4 is 0 Å². The third-order valence-corrected chi connectivity index (χ3v) is 3.30. The van der Waals surface area contributed by atoms with Crippen molar-refractivity contribution in [1.82, 2.24) is 0 Å². The number of rotatable bonds is 3. The molecule has 8 heavy (non-hydrogen) atoms. The van der Waals surface area contributed by atoms with E-state index in [1.807, 2.05) is 6.92 Å². The predicted octanol–water partition coefficient (Wildman–Crippen LogP) is 2.16. The van der Waals surface area contributed by atoms with E-state index in [9.17, 15) is 0 Å². The summed E-state index contributed by atoms with van der Waals surface area (Å²) in [5.41, 5.74) is 1.47. The largest absolute Gasteiger partial charge is 0.415 e. The lowest BCUT2D eigenvalue weighted by Crippen LogP contribution is -2.20. The highest BCUT2D eigenvalue weighted by atomic mass is 35.7. The maximum absolute atomic E-state index is 5.58. The summed E-state index contributed by atoms with van der Waals surface area (Å²) < 4.78 is 4.93. The molecule has 0 N–H and O–H groups in total. The van der Waals surface area contributed by atoms with E-state index in [0.29, 0.717) is 6.61 Å². The topological polar surface area (TPSA) is 9.23 Å². The van der Waals surface area contributed by atoms with Crippen molar-refractivity contribution in [2.24, 2.45) is 0 Å². The van der Waals surface area contributed by atoms with Crippen molar-refractivity contribution >= 4 is 29.1 Å². The standard InChI is InChI=1S/C4H8Cl2OSi/c1-3-7-8(5,6)4-2/h4H,2-3H2,1H3. The summed E-state index contributed by atoms with van der Waals surface area (Å²) in [7, 11) is 0. The molecule has 0 heterocycles. The van der Waals surface area contributed by atoms with Gasteiger partial charge < -0.3 is 4.43 Å². The van der Waals surface area contributed by atoms with Crippen LogP contribution in [0.5, 0.6) is 0 Å². The van der Waals surface area contributed by atoms with Gasteiger partial charge in [-0.2, -0.15) is 0 Å². The lowest BCUT2D eigenvalue weighted by molar-refractivity contribution is 0.355. The zero-order chi connectivity index (χ0) is 6.62. The molecule has 4 heteroatoms. The normalized spacial score (nSPS) is 11.4. The summed E-state index contributed by atoms with van der Waals surface area (Å²) in [5, 5.41) is 0. The summed E-state index contributed by atoms with van der Waals surface area (Å²) in [6, 6.07) is 0. The van der Waals surface area contributed by atoms with E-state index in [4.69, 9.17) is 26.6 Å². The van der Waals surface area contributed by atoms with Crippen LogP contribution in [0.25, 0.3) is 0 Å². The fourth-order valence-electron chi connectivity index (χ4n) is 0.251. The van der Waals surface area contributed by atoms with Crippen LogP contribution in [0.1, 0.15) is 6.92 Å². The minimum absolute atomic E-state index is 0.547. The lowest BCUT2D eigenvalue weighted by atomic mass is 10.9. The van der Waals surface area contributed by atoms with Gasteiger partial charge >= 0.3 is 6.94 Å². The Morgan fingerprint density at radius 3 is 2.38 bits per heavy atom. The Bertz CT molecular complexity index is 84.1. The Labute approximate surface area is 59.8 Å². The zero-order valence-corrected chi connectivity index (χ0v) is 7.17. The predicted molar refractivity (Wildman–Crippen MR) is 39.3 cm³/mol. The highest BCUT2D eigenvalue weighted by Gasteiger charge is 2.24. The highest BCUT2D eigenvalue weighted by Crippen LogP contribution is 2.16. The fraction of sp³-hybridized carbons (Fsp3) is 0.500. The third kappa shape index (κ3) is 3.49. The van der Waals surface area contributed by atoms with Crippen molar-refractivity contribution in [3.8, 4) is 0 Å². The molecule has 0 spiro atoms. The molecule has 0 radical (unpaired) electrons. The summed E-state index contributed by atoms with van der Waals surface area (Å²) in [4.78, 5) is 0. The van der Waals surface area contributed by atoms with Gasteiger partial charge in [0.15, 0.2) is 0 Å². The molecule has 0 fully saturated rings. The first-order valence-electron chi connectivity index (χ1n) is 2.27. The number of hydrogen-bond acceptors (Lipinski definition) is 1. The lowest BCUT2D eigenvalue weighted by Gasteiger charge is -2.08. The molecular weight excluding hydrogens is 163 g/mol. The molecule has 0 aromatic rings. The van der Waals surface area contributed by atoms with E-state index in [1.54, 1.807) is 0 Å². The first-order valence-corrected chi connectivity index (χ1v) is 6.28. The first-order chi connectivity index (χ1) is 3.62. The molecule has 0 bridgehead atoms. The van der Waals surface area contributed by atoms with Crippen LogP contribution in [0.15, 0.2) is 12.3 Å². The molecule has 48 valence electrons. The summed E-state index contributed by atoms with van der Waals surface area (Å²) in [6.07, 6.45) is 0.